The SMILES string of the molecule is CCn1cc(Br)cc1C(=O)N(C)C(C)c1ccc(C)cc1. The van der Waals surface area contributed by atoms with Crippen molar-refractivity contribution in [3.63, 3.8) is 0 Å². The van der Waals surface area contributed by atoms with Gasteiger partial charge < -0.3 is 9.47 Å². The number of hydrogen-bond acceptors (Lipinski definition) is 1. The number of carbonyl (C=O) groups excluding carboxylic acids is 1. The molecule has 1 unspecified atom stereocenters. The number of hydrogen-bond donors (Lipinski definition) is 0. The normalized spacial score (nSPS) is 12.2. The molecule has 21 heavy (non-hydrogen) atoms. The van der Waals surface area contributed by atoms with E-state index in [9.17, 15) is 4.79 Å². The van der Waals surface area contributed by atoms with Crippen LogP contribution in [0, 0.1) is 6.92 Å². The maximum atomic E-state index is 12.7. The molecule has 112 valence electrons. The largest absolute Gasteiger partial charge is 0.343 e. The lowest BCUT2D eigenvalue weighted by molar-refractivity contribution is 0.0732. The second-order valence-corrected chi connectivity index (χ2v) is 6.25. The van der Waals surface area contributed by atoms with E-state index in [-0.39, 0.29) is 11.9 Å². The molecule has 1 aromatic carbocycles. The highest BCUT2D eigenvalue weighted by molar-refractivity contribution is 9.10. The number of nitrogens with zero attached hydrogens (tertiary/aromatic N) is 2. The van der Waals surface area contributed by atoms with Gasteiger partial charge in [0.2, 0.25) is 0 Å². The van der Waals surface area contributed by atoms with E-state index in [1.807, 2.05) is 30.8 Å². The van der Waals surface area contributed by atoms with Crippen LogP contribution in [-0.2, 0) is 6.54 Å². The Morgan fingerprint density at radius 3 is 2.52 bits per heavy atom. The van der Waals surface area contributed by atoms with E-state index in [0.29, 0.717) is 5.69 Å². The molecule has 1 atom stereocenters. The van der Waals surface area contributed by atoms with Crippen LogP contribution in [0.4, 0.5) is 0 Å². The van der Waals surface area contributed by atoms with E-state index in [1.54, 1.807) is 4.90 Å². The minimum absolute atomic E-state index is 0.0376. The van der Waals surface area contributed by atoms with Gasteiger partial charge in [-0.3, -0.25) is 4.79 Å². The molecule has 0 bridgehead atoms. The molecule has 0 fully saturated rings. The molecule has 3 nitrogen and oxygen atoms in total. The summed E-state index contributed by atoms with van der Waals surface area (Å²) in [4.78, 5) is 14.5. The first-order valence-corrected chi connectivity index (χ1v) is 7.92. The number of amides is 1. The molecule has 0 N–H and O–H groups in total. The Morgan fingerprint density at radius 1 is 1.33 bits per heavy atom. The first kappa shape index (κ1) is 15.8. The van der Waals surface area contributed by atoms with Crippen molar-refractivity contribution in [3.05, 3.63) is 57.8 Å². The second-order valence-electron chi connectivity index (χ2n) is 5.33. The first-order chi connectivity index (χ1) is 9.93. The number of rotatable bonds is 4. The molecule has 0 aliphatic heterocycles. The highest BCUT2D eigenvalue weighted by Crippen LogP contribution is 2.23. The molecule has 0 saturated carbocycles. The molecule has 1 amide bonds. The molecule has 2 aromatic rings. The average molecular weight is 349 g/mol. The van der Waals surface area contributed by atoms with Gasteiger partial charge in [-0.2, -0.15) is 0 Å². The fraction of sp³-hybridized carbons (Fsp3) is 0.353. The predicted octanol–water partition coefficient (Wildman–Crippen LogP) is 4.41. The number of halogens is 1. The van der Waals surface area contributed by atoms with Gasteiger partial charge in [0.1, 0.15) is 5.69 Å². The van der Waals surface area contributed by atoms with Gasteiger partial charge >= 0.3 is 0 Å². The standard InChI is InChI=1S/C17H21BrN2O/c1-5-20-11-15(18)10-16(20)17(21)19(4)13(3)14-8-6-12(2)7-9-14/h6-11,13H,5H2,1-4H3. The van der Waals surface area contributed by atoms with Gasteiger partial charge in [0, 0.05) is 24.3 Å². The molecule has 0 radical (unpaired) electrons. The molecule has 4 heteroatoms. The van der Waals surface area contributed by atoms with E-state index < -0.39 is 0 Å². The molecule has 0 saturated heterocycles. The van der Waals surface area contributed by atoms with Gasteiger partial charge in [0.05, 0.1) is 6.04 Å². The van der Waals surface area contributed by atoms with E-state index in [1.165, 1.54) is 5.56 Å². The zero-order valence-corrected chi connectivity index (χ0v) is 14.5. The van der Waals surface area contributed by atoms with Crippen molar-refractivity contribution in [2.45, 2.75) is 33.4 Å². The van der Waals surface area contributed by atoms with Crippen LogP contribution in [-0.4, -0.2) is 22.4 Å². The Morgan fingerprint density at radius 2 is 1.95 bits per heavy atom. The van der Waals surface area contributed by atoms with E-state index >= 15 is 0 Å². The minimum Gasteiger partial charge on any atom is -0.343 e. The van der Waals surface area contributed by atoms with Crippen LogP contribution >= 0.6 is 15.9 Å². The Bertz CT molecular complexity index is 631. The van der Waals surface area contributed by atoms with Crippen molar-refractivity contribution in [2.24, 2.45) is 0 Å². The van der Waals surface area contributed by atoms with Crippen LogP contribution in [0.2, 0.25) is 0 Å². The van der Waals surface area contributed by atoms with Crippen LogP contribution in [0.25, 0.3) is 0 Å². The van der Waals surface area contributed by atoms with Crippen molar-refractivity contribution < 1.29 is 4.79 Å². The Kier molecular flexibility index (Phi) is 4.88. The van der Waals surface area contributed by atoms with Crippen molar-refractivity contribution >= 4 is 21.8 Å². The number of carbonyl (C=O) groups is 1. The van der Waals surface area contributed by atoms with E-state index in [4.69, 9.17) is 0 Å². The van der Waals surface area contributed by atoms with Gasteiger partial charge in [-0.15, -0.1) is 0 Å². The fourth-order valence-electron chi connectivity index (χ4n) is 2.34. The van der Waals surface area contributed by atoms with E-state index in [2.05, 4.69) is 54.0 Å². The molecule has 0 aliphatic rings. The third-order valence-electron chi connectivity index (χ3n) is 3.88. The summed E-state index contributed by atoms with van der Waals surface area (Å²) < 4.78 is 2.90. The summed E-state index contributed by atoms with van der Waals surface area (Å²) in [5.41, 5.74) is 3.08. The maximum Gasteiger partial charge on any atom is 0.270 e. The number of benzene rings is 1. The van der Waals surface area contributed by atoms with Crippen LogP contribution in [0.15, 0.2) is 41.0 Å². The summed E-state index contributed by atoms with van der Waals surface area (Å²) >= 11 is 3.44. The summed E-state index contributed by atoms with van der Waals surface area (Å²) in [6, 6.07) is 10.2. The smallest absolute Gasteiger partial charge is 0.270 e. The summed E-state index contributed by atoms with van der Waals surface area (Å²) in [6.45, 7) is 6.93. The molecule has 2 rings (SSSR count). The third kappa shape index (κ3) is 3.38. The van der Waals surface area contributed by atoms with Crippen molar-refractivity contribution in [2.75, 3.05) is 7.05 Å². The summed E-state index contributed by atoms with van der Waals surface area (Å²) in [5, 5.41) is 0. The van der Waals surface area contributed by atoms with Crippen LogP contribution in [0.3, 0.4) is 0 Å². The monoisotopic (exact) mass is 348 g/mol. The van der Waals surface area contributed by atoms with Crippen molar-refractivity contribution in [3.8, 4) is 0 Å². The Hall–Kier alpha value is -1.55. The topological polar surface area (TPSA) is 25.2 Å². The molecule has 1 aromatic heterocycles. The molecular weight excluding hydrogens is 328 g/mol. The lowest BCUT2D eigenvalue weighted by atomic mass is 10.1. The van der Waals surface area contributed by atoms with Gasteiger partial charge in [-0.1, -0.05) is 29.8 Å². The quantitative estimate of drug-likeness (QED) is 0.803. The number of aromatic nitrogens is 1. The minimum atomic E-state index is 0.0376. The van der Waals surface area contributed by atoms with Crippen molar-refractivity contribution in [1.29, 1.82) is 0 Å². The highest BCUT2D eigenvalue weighted by Gasteiger charge is 2.21. The average Bonchev–Trinajstić information content (AvgIpc) is 2.86. The van der Waals surface area contributed by atoms with Crippen LogP contribution < -0.4 is 0 Å². The molecular formula is C17H21BrN2O. The predicted molar refractivity (Wildman–Crippen MR) is 89.5 cm³/mol. The van der Waals surface area contributed by atoms with Gasteiger partial charge in [-0.25, -0.2) is 0 Å². The molecule has 0 spiro atoms. The van der Waals surface area contributed by atoms with Gasteiger partial charge in [0.15, 0.2) is 0 Å². The summed E-state index contributed by atoms with van der Waals surface area (Å²) in [5.74, 6) is 0.0376. The third-order valence-corrected chi connectivity index (χ3v) is 4.32. The molecule has 0 aliphatic carbocycles. The highest BCUT2D eigenvalue weighted by atomic mass is 79.9. The first-order valence-electron chi connectivity index (χ1n) is 7.13. The van der Waals surface area contributed by atoms with Gasteiger partial charge in [0.25, 0.3) is 5.91 Å². The Labute approximate surface area is 134 Å². The lowest BCUT2D eigenvalue weighted by Crippen LogP contribution is -2.31. The van der Waals surface area contributed by atoms with Gasteiger partial charge in [-0.05, 0) is 48.3 Å². The van der Waals surface area contributed by atoms with Crippen LogP contribution in [0.5, 0.6) is 0 Å². The van der Waals surface area contributed by atoms with E-state index in [0.717, 1.165) is 16.6 Å². The Balaban J connectivity index is 2.23. The second kappa shape index (κ2) is 6.48. The van der Waals surface area contributed by atoms with Crippen LogP contribution in [0.1, 0.15) is 41.5 Å². The van der Waals surface area contributed by atoms with Crippen molar-refractivity contribution in [1.82, 2.24) is 9.47 Å². The summed E-state index contributed by atoms with van der Waals surface area (Å²) in [6.07, 6.45) is 1.94. The number of aryl methyl sites for hydroxylation is 2. The zero-order chi connectivity index (χ0) is 15.6. The zero-order valence-electron chi connectivity index (χ0n) is 12.9. The lowest BCUT2D eigenvalue weighted by Gasteiger charge is -2.26. The maximum absolute atomic E-state index is 12.7. The molecule has 1 heterocycles. The fourth-order valence-corrected chi connectivity index (χ4v) is 2.80. The summed E-state index contributed by atoms with van der Waals surface area (Å²) in [7, 11) is 1.85.